The van der Waals surface area contributed by atoms with E-state index in [1.165, 1.54) is 16.8 Å². The lowest BCUT2D eigenvalue weighted by Crippen LogP contribution is -2.58. The number of benzene rings is 2. The Morgan fingerprint density at radius 1 is 1.07 bits per heavy atom. The lowest BCUT2D eigenvalue weighted by Gasteiger charge is -2.43. The van der Waals surface area contributed by atoms with Gasteiger partial charge in [0.15, 0.2) is 0 Å². The monoisotopic (exact) mass is 411 g/mol. The van der Waals surface area contributed by atoms with Crippen LogP contribution in [0.3, 0.4) is 0 Å². The van der Waals surface area contributed by atoms with E-state index in [0.717, 1.165) is 47.2 Å². The number of ether oxygens (including phenoxy) is 1. The molecule has 0 spiro atoms. The fourth-order valence-corrected chi connectivity index (χ4v) is 4.99. The number of aromatic nitrogens is 1. The van der Waals surface area contributed by atoms with Crippen LogP contribution in [0.2, 0.25) is 0 Å². The summed E-state index contributed by atoms with van der Waals surface area (Å²) in [7, 11) is 0. The topological polar surface area (TPSA) is 48.8 Å². The highest BCUT2D eigenvalue weighted by Gasteiger charge is 2.33. The number of nitrogens with zero attached hydrogens (tertiary/aromatic N) is 3. The highest BCUT2D eigenvalue weighted by molar-refractivity contribution is 7.18. The second-order valence-corrected chi connectivity index (χ2v) is 9.32. The number of hydrogen-bond donors (Lipinski definition) is 1. The lowest BCUT2D eigenvalue weighted by atomic mass is 10.1. The second kappa shape index (κ2) is 7.94. The number of rotatable bonds is 5. The molecule has 6 heteroatoms. The molecule has 2 heterocycles. The predicted octanol–water partition coefficient (Wildman–Crippen LogP) is 4.13. The summed E-state index contributed by atoms with van der Waals surface area (Å²) in [6, 6.07) is 12.4. The van der Waals surface area contributed by atoms with Crippen LogP contribution in [0.5, 0.6) is 5.75 Å². The van der Waals surface area contributed by atoms with Gasteiger partial charge in [0, 0.05) is 31.9 Å². The Morgan fingerprint density at radius 2 is 1.76 bits per heavy atom. The Balaban J connectivity index is 1.38. The van der Waals surface area contributed by atoms with Gasteiger partial charge in [0.25, 0.3) is 0 Å². The third-order valence-corrected chi connectivity index (χ3v) is 6.63. The maximum absolute atomic E-state index is 11.1. The van der Waals surface area contributed by atoms with Crippen LogP contribution in [-0.2, 0) is 0 Å². The Kier molecular flexibility index (Phi) is 5.51. The quantitative estimate of drug-likeness (QED) is 0.684. The summed E-state index contributed by atoms with van der Waals surface area (Å²) in [5, 5.41) is 12.1. The third kappa shape index (κ3) is 4.25. The summed E-state index contributed by atoms with van der Waals surface area (Å²) in [6.07, 6.45) is 0. The molecule has 1 N–H and O–H groups in total. The largest absolute Gasteiger partial charge is 0.489 e. The minimum Gasteiger partial charge on any atom is -0.489 e. The molecule has 1 saturated heterocycles. The van der Waals surface area contributed by atoms with Crippen molar-refractivity contribution in [1.29, 1.82) is 0 Å². The molecule has 1 fully saturated rings. The predicted molar refractivity (Wildman–Crippen MR) is 120 cm³/mol. The van der Waals surface area contributed by atoms with Gasteiger partial charge < -0.3 is 14.7 Å². The first-order valence-corrected chi connectivity index (χ1v) is 10.9. The SMILES string of the molecule is Cc1nc2ccc(OCC(C)(O)N3CCN(c4c(C)cccc4C)CC3)cc2s1. The van der Waals surface area contributed by atoms with Gasteiger partial charge in [-0.3, -0.25) is 4.90 Å². The maximum Gasteiger partial charge on any atom is 0.150 e. The van der Waals surface area contributed by atoms with E-state index in [0.29, 0.717) is 0 Å². The van der Waals surface area contributed by atoms with Gasteiger partial charge in [-0.2, -0.15) is 0 Å². The Labute approximate surface area is 176 Å². The highest BCUT2D eigenvalue weighted by atomic mass is 32.1. The average Bonchev–Trinajstić information content (AvgIpc) is 3.06. The second-order valence-electron chi connectivity index (χ2n) is 8.08. The fraction of sp³-hybridized carbons (Fsp3) is 0.435. The highest BCUT2D eigenvalue weighted by Crippen LogP contribution is 2.28. The van der Waals surface area contributed by atoms with Crippen molar-refractivity contribution in [2.45, 2.75) is 33.4 Å². The number of piperazine rings is 1. The fourth-order valence-electron chi connectivity index (χ4n) is 4.14. The maximum atomic E-state index is 11.1. The van der Waals surface area contributed by atoms with Crippen molar-refractivity contribution < 1.29 is 9.84 Å². The number of hydrogen-bond acceptors (Lipinski definition) is 6. The van der Waals surface area contributed by atoms with E-state index < -0.39 is 5.72 Å². The molecular formula is C23H29N3O2S. The zero-order valence-electron chi connectivity index (χ0n) is 17.6. The number of aryl methyl sites for hydroxylation is 3. The molecule has 1 atom stereocenters. The lowest BCUT2D eigenvalue weighted by molar-refractivity contribution is -0.120. The van der Waals surface area contributed by atoms with E-state index in [-0.39, 0.29) is 6.61 Å². The van der Waals surface area contributed by atoms with Crippen molar-refractivity contribution in [3.8, 4) is 5.75 Å². The standard InChI is InChI=1S/C23H29N3O2S/c1-16-6-5-7-17(2)22(16)25-10-12-26(13-11-25)23(4,27)15-28-19-8-9-20-21(14-19)29-18(3)24-20/h5-9,14,27H,10-13,15H2,1-4H3. The van der Waals surface area contributed by atoms with Crippen LogP contribution >= 0.6 is 11.3 Å². The average molecular weight is 412 g/mol. The zero-order chi connectivity index (χ0) is 20.6. The molecule has 3 aromatic rings. The Bertz CT molecular complexity index is 986. The van der Waals surface area contributed by atoms with Crippen molar-refractivity contribution in [2.24, 2.45) is 0 Å². The van der Waals surface area contributed by atoms with Gasteiger partial charge in [0.2, 0.25) is 0 Å². The summed E-state index contributed by atoms with van der Waals surface area (Å²) >= 11 is 1.66. The number of aliphatic hydroxyl groups is 1. The van der Waals surface area contributed by atoms with Crippen molar-refractivity contribution in [2.75, 3.05) is 37.7 Å². The zero-order valence-corrected chi connectivity index (χ0v) is 18.4. The van der Waals surface area contributed by atoms with E-state index >= 15 is 0 Å². The van der Waals surface area contributed by atoms with Crippen molar-refractivity contribution in [1.82, 2.24) is 9.88 Å². The number of thiazole rings is 1. The van der Waals surface area contributed by atoms with Crippen molar-refractivity contribution in [3.63, 3.8) is 0 Å². The molecule has 1 aromatic heterocycles. The van der Waals surface area contributed by atoms with Gasteiger partial charge in [-0.1, -0.05) is 18.2 Å². The van der Waals surface area contributed by atoms with Crippen LogP contribution in [0.1, 0.15) is 23.1 Å². The first kappa shape index (κ1) is 20.1. The van der Waals surface area contributed by atoms with E-state index in [1.54, 1.807) is 11.3 Å². The van der Waals surface area contributed by atoms with Crippen LogP contribution in [0.15, 0.2) is 36.4 Å². The summed E-state index contributed by atoms with van der Waals surface area (Å²) < 4.78 is 7.08. The van der Waals surface area contributed by atoms with E-state index in [1.807, 2.05) is 32.0 Å². The smallest absolute Gasteiger partial charge is 0.150 e. The van der Waals surface area contributed by atoms with E-state index in [9.17, 15) is 5.11 Å². The van der Waals surface area contributed by atoms with Crippen LogP contribution in [0.4, 0.5) is 5.69 Å². The van der Waals surface area contributed by atoms with E-state index in [4.69, 9.17) is 4.74 Å². The number of anilines is 1. The molecule has 0 amide bonds. The van der Waals surface area contributed by atoms with Gasteiger partial charge in [-0.15, -0.1) is 11.3 Å². The number of para-hydroxylation sites is 1. The van der Waals surface area contributed by atoms with Crippen LogP contribution in [-0.4, -0.2) is 53.5 Å². The van der Waals surface area contributed by atoms with Crippen LogP contribution in [0.25, 0.3) is 10.2 Å². The molecule has 1 aliphatic rings. The molecule has 2 aromatic carbocycles. The van der Waals surface area contributed by atoms with Crippen molar-refractivity contribution >= 4 is 27.2 Å². The van der Waals surface area contributed by atoms with Crippen molar-refractivity contribution in [3.05, 3.63) is 52.5 Å². The van der Waals surface area contributed by atoms with Gasteiger partial charge in [0.05, 0.1) is 15.2 Å². The molecule has 0 saturated carbocycles. The molecule has 154 valence electrons. The van der Waals surface area contributed by atoms with Gasteiger partial charge in [0.1, 0.15) is 18.1 Å². The Hall–Kier alpha value is -2.15. The van der Waals surface area contributed by atoms with Crippen LogP contribution in [0, 0.1) is 20.8 Å². The van der Waals surface area contributed by atoms with Gasteiger partial charge in [-0.05, 0) is 57.0 Å². The number of fused-ring (bicyclic) bond motifs is 1. The first-order chi connectivity index (χ1) is 13.8. The van der Waals surface area contributed by atoms with Gasteiger partial charge in [-0.25, -0.2) is 4.98 Å². The molecule has 4 rings (SSSR count). The molecule has 5 nitrogen and oxygen atoms in total. The van der Waals surface area contributed by atoms with Crippen LogP contribution < -0.4 is 9.64 Å². The third-order valence-electron chi connectivity index (χ3n) is 5.70. The summed E-state index contributed by atoms with van der Waals surface area (Å²) in [5.41, 5.74) is 3.93. The van der Waals surface area contributed by atoms with E-state index in [2.05, 4.69) is 46.8 Å². The van der Waals surface area contributed by atoms with Gasteiger partial charge >= 0.3 is 0 Å². The molecule has 0 aliphatic carbocycles. The molecule has 0 bridgehead atoms. The molecule has 1 unspecified atom stereocenters. The molecule has 29 heavy (non-hydrogen) atoms. The normalized spacial score (nSPS) is 17.5. The first-order valence-electron chi connectivity index (χ1n) is 10.1. The Morgan fingerprint density at radius 3 is 2.45 bits per heavy atom. The molecule has 1 aliphatic heterocycles. The summed E-state index contributed by atoms with van der Waals surface area (Å²) in [5.74, 6) is 0.774. The minimum absolute atomic E-state index is 0.236. The summed E-state index contributed by atoms with van der Waals surface area (Å²) in [4.78, 5) is 9.03. The minimum atomic E-state index is -1.01. The molecule has 0 radical (unpaired) electrons. The summed E-state index contributed by atoms with van der Waals surface area (Å²) in [6.45, 7) is 11.8. The molecular weight excluding hydrogens is 382 g/mol.